The molecule has 3 N–H and O–H groups in total. The highest BCUT2D eigenvalue weighted by molar-refractivity contribution is 5.72. The average molecular weight is 245 g/mol. The van der Waals surface area contributed by atoms with Gasteiger partial charge in [-0.15, -0.1) is 0 Å². The highest BCUT2D eigenvalue weighted by Gasteiger charge is 2.12. The molecule has 0 bridgehead atoms. The van der Waals surface area contributed by atoms with E-state index in [-0.39, 0.29) is 22.8 Å². The fraction of sp³-hybridized carbons (Fsp3) is 0. The van der Waals surface area contributed by atoms with E-state index in [4.69, 9.17) is 5.73 Å². The molecule has 3 aromatic rings. The Morgan fingerprint density at radius 1 is 1.33 bits per heavy atom. The van der Waals surface area contributed by atoms with Crippen LogP contribution < -0.4 is 11.3 Å². The Kier molecular flexibility index (Phi) is 2.12. The highest BCUT2D eigenvalue weighted by atomic mass is 19.1. The van der Waals surface area contributed by atoms with E-state index in [0.29, 0.717) is 0 Å². The lowest BCUT2D eigenvalue weighted by Crippen LogP contribution is -2.12. The molecule has 1 aromatic carbocycles. The Bertz CT molecular complexity index is 791. The molecule has 0 radical (unpaired) electrons. The number of imidazole rings is 1. The molecule has 3 rings (SSSR count). The van der Waals surface area contributed by atoms with Gasteiger partial charge in [-0.2, -0.15) is 4.98 Å². The first-order chi connectivity index (χ1) is 8.66. The van der Waals surface area contributed by atoms with Crippen molar-refractivity contribution in [2.75, 3.05) is 5.73 Å². The standard InChI is InChI=1S/C11H8FN5O/c12-6-3-1-2-4-7(6)17-5-14-8-9(17)15-11(13)16-10(8)18/h1-5H,(H3,13,15,16,18). The van der Waals surface area contributed by atoms with Crippen LogP contribution in [0.4, 0.5) is 10.3 Å². The van der Waals surface area contributed by atoms with E-state index in [1.807, 2.05) is 0 Å². The van der Waals surface area contributed by atoms with Gasteiger partial charge in [-0.25, -0.2) is 9.37 Å². The largest absolute Gasteiger partial charge is 0.369 e. The zero-order valence-electron chi connectivity index (χ0n) is 9.09. The van der Waals surface area contributed by atoms with Gasteiger partial charge in [0.05, 0.1) is 5.69 Å². The van der Waals surface area contributed by atoms with Crippen LogP contribution in [0, 0.1) is 5.82 Å². The van der Waals surface area contributed by atoms with Crippen molar-refractivity contribution >= 4 is 17.1 Å². The van der Waals surface area contributed by atoms with E-state index < -0.39 is 11.4 Å². The van der Waals surface area contributed by atoms with E-state index in [2.05, 4.69) is 15.0 Å². The molecular weight excluding hydrogens is 237 g/mol. The molecule has 6 nitrogen and oxygen atoms in total. The zero-order chi connectivity index (χ0) is 12.7. The number of aromatic nitrogens is 4. The molecule has 0 amide bonds. The summed E-state index contributed by atoms with van der Waals surface area (Å²) in [6.45, 7) is 0. The van der Waals surface area contributed by atoms with Gasteiger partial charge in [0.1, 0.15) is 12.1 Å². The van der Waals surface area contributed by atoms with Crippen LogP contribution in [0.15, 0.2) is 35.4 Å². The predicted octanol–water partition coefficient (Wildman–Crippen LogP) is 0.830. The molecule has 0 aliphatic heterocycles. The van der Waals surface area contributed by atoms with Gasteiger partial charge in [0.25, 0.3) is 5.56 Å². The molecule has 0 saturated carbocycles. The molecule has 0 unspecified atom stereocenters. The summed E-state index contributed by atoms with van der Waals surface area (Å²) in [6, 6.07) is 6.14. The third-order valence-electron chi connectivity index (χ3n) is 2.54. The lowest BCUT2D eigenvalue weighted by Gasteiger charge is -2.04. The fourth-order valence-corrected chi connectivity index (χ4v) is 1.75. The fourth-order valence-electron chi connectivity index (χ4n) is 1.75. The van der Waals surface area contributed by atoms with Gasteiger partial charge in [0.2, 0.25) is 5.95 Å². The summed E-state index contributed by atoms with van der Waals surface area (Å²) in [5.41, 5.74) is 5.62. The van der Waals surface area contributed by atoms with E-state index >= 15 is 0 Å². The maximum Gasteiger partial charge on any atom is 0.280 e. The molecule has 0 atom stereocenters. The number of nitrogens with one attached hydrogen (secondary N) is 1. The first kappa shape index (κ1) is 10.5. The molecule has 90 valence electrons. The normalized spacial score (nSPS) is 10.9. The summed E-state index contributed by atoms with van der Waals surface area (Å²) in [6.07, 6.45) is 1.34. The number of rotatable bonds is 1. The third-order valence-corrected chi connectivity index (χ3v) is 2.54. The van der Waals surface area contributed by atoms with Crippen molar-refractivity contribution in [3.05, 3.63) is 46.8 Å². The van der Waals surface area contributed by atoms with Crippen molar-refractivity contribution < 1.29 is 4.39 Å². The van der Waals surface area contributed by atoms with Crippen LogP contribution in [0.1, 0.15) is 0 Å². The summed E-state index contributed by atoms with van der Waals surface area (Å²) in [7, 11) is 0. The van der Waals surface area contributed by atoms with Gasteiger partial charge in [0, 0.05) is 0 Å². The van der Waals surface area contributed by atoms with Crippen LogP contribution in [0.3, 0.4) is 0 Å². The minimum Gasteiger partial charge on any atom is -0.369 e. The van der Waals surface area contributed by atoms with Gasteiger partial charge >= 0.3 is 0 Å². The Morgan fingerprint density at radius 3 is 2.89 bits per heavy atom. The summed E-state index contributed by atoms with van der Waals surface area (Å²) in [4.78, 5) is 21.8. The number of anilines is 1. The summed E-state index contributed by atoms with van der Waals surface area (Å²) in [5, 5.41) is 0. The Hall–Kier alpha value is -2.70. The van der Waals surface area contributed by atoms with Crippen LogP contribution in [-0.4, -0.2) is 19.5 Å². The minimum absolute atomic E-state index is 0.0365. The monoisotopic (exact) mass is 245 g/mol. The van der Waals surface area contributed by atoms with Crippen molar-refractivity contribution in [2.24, 2.45) is 0 Å². The highest BCUT2D eigenvalue weighted by Crippen LogP contribution is 2.17. The zero-order valence-corrected chi connectivity index (χ0v) is 9.09. The number of H-pyrrole nitrogens is 1. The number of benzene rings is 1. The topological polar surface area (TPSA) is 89.6 Å². The second-order valence-electron chi connectivity index (χ2n) is 3.69. The lowest BCUT2D eigenvalue weighted by molar-refractivity contribution is 0.619. The van der Waals surface area contributed by atoms with Gasteiger partial charge in [-0.1, -0.05) is 12.1 Å². The van der Waals surface area contributed by atoms with Crippen molar-refractivity contribution in [3.63, 3.8) is 0 Å². The third kappa shape index (κ3) is 1.45. The Balaban J connectivity index is 2.38. The molecule has 0 aliphatic rings. The van der Waals surface area contributed by atoms with Crippen LogP contribution in [-0.2, 0) is 0 Å². The van der Waals surface area contributed by atoms with Crippen molar-refractivity contribution in [1.29, 1.82) is 0 Å². The molecule has 0 saturated heterocycles. The average Bonchev–Trinajstić information content (AvgIpc) is 2.73. The number of para-hydroxylation sites is 1. The molecule has 7 heteroatoms. The number of hydrogen-bond acceptors (Lipinski definition) is 4. The molecule has 18 heavy (non-hydrogen) atoms. The molecule has 2 heterocycles. The Morgan fingerprint density at radius 2 is 2.11 bits per heavy atom. The molecular formula is C11H8FN5O. The van der Waals surface area contributed by atoms with Crippen LogP contribution in [0.2, 0.25) is 0 Å². The van der Waals surface area contributed by atoms with E-state index in [9.17, 15) is 9.18 Å². The smallest absolute Gasteiger partial charge is 0.280 e. The summed E-state index contributed by atoms with van der Waals surface area (Å²) < 4.78 is 15.1. The molecule has 0 aliphatic carbocycles. The van der Waals surface area contributed by atoms with Crippen LogP contribution >= 0.6 is 0 Å². The first-order valence-corrected chi connectivity index (χ1v) is 5.14. The number of nitrogens with zero attached hydrogens (tertiary/aromatic N) is 3. The Labute approximate surface area is 99.9 Å². The second kappa shape index (κ2) is 3.66. The van der Waals surface area contributed by atoms with Crippen molar-refractivity contribution in [2.45, 2.75) is 0 Å². The summed E-state index contributed by atoms with van der Waals surface area (Å²) in [5.74, 6) is -0.469. The number of fused-ring (bicyclic) bond motifs is 1. The van der Waals surface area contributed by atoms with Gasteiger partial charge in [-0.3, -0.25) is 14.3 Å². The number of hydrogen-bond donors (Lipinski definition) is 2. The SMILES string of the molecule is Nc1nc2c(ncn2-c2ccccc2F)c(=O)[nH]1. The maximum atomic E-state index is 13.7. The second-order valence-corrected chi connectivity index (χ2v) is 3.69. The van der Waals surface area contributed by atoms with Gasteiger partial charge in [0.15, 0.2) is 11.2 Å². The molecule has 0 fully saturated rings. The van der Waals surface area contributed by atoms with Crippen LogP contribution in [0.25, 0.3) is 16.9 Å². The van der Waals surface area contributed by atoms with Gasteiger partial charge in [-0.05, 0) is 12.1 Å². The first-order valence-electron chi connectivity index (χ1n) is 5.14. The van der Waals surface area contributed by atoms with Crippen molar-refractivity contribution in [3.8, 4) is 5.69 Å². The van der Waals surface area contributed by atoms with Crippen LogP contribution in [0.5, 0.6) is 0 Å². The van der Waals surface area contributed by atoms with Crippen molar-refractivity contribution in [1.82, 2.24) is 19.5 Å². The molecule has 0 spiro atoms. The maximum absolute atomic E-state index is 13.7. The van der Waals surface area contributed by atoms with E-state index in [1.165, 1.54) is 17.0 Å². The number of nitrogens with two attached hydrogens (primary N) is 1. The number of halogens is 1. The predicted molar refractivity (Wildman–Crippen MR) is 63.9 cm³/mol. The molecule has 2 aromatic heterocycles. The van der Waals surface area contributed by atoms with E-state index in [0.717, 1.165) is 0 Å². The lowest BCUT2D eigenvalue weighted by atomic mass is 10.3. The summed E-state index contributed by atoms with van der Waals surface area (Å²) >= 11 is 0. The number of nitrogen functional groups attached to an aromatic ring is 1. The van der Waals surface area contributed by atoms with E-state index in [1.54, 1.807) is 18.2 Å². The number of aromatic amines is 1. The quantitative estimate of drug-likeness (QED) is 0.664. The minimum atomic E-state index is -0.451. The van der Waals surface area contributed by atoms with Gasteiger partial charge < -0.3 is 5.73 Å².